The zero-order valence-corrected chi connectivity index (χ0v) is 7.87. The van der Waals surface area contributed by atoms with Crippen molar-refractivity contribution in [1.82, 2.24) is 5.32 Å². The van der Waals surface area contributed by atoms with E-state index in [0.717, 1.165) is 12.1 Å². The highest BCUT2D eigenvalue weighted by atomic mass is 19.1. The van der Waals surface area contributed by atoms with Crippen LogP contribution in [0.2, 0.25) is 0 Å². The van der Waals surface area contributed by atoms with E-state index in [4.69, 9.17) is 10.4 Å². The first kappa shape index (κ1) is 11.6. The number of hydrogen-bond donors (Lipinski definition) is 2. The summed E-state index contributed by atoms with van der Waals surface area (Å²) in [5, 5.41) is 19.8. The Balaban J connectivity index is 2.97. The van der Waals surface area contributed by atoms with Gasteiger partial charge < -0.3 is 5.11 Å². The Morgan fingerprint density at radius 1 is 1.40 bits per heavy atom. The second-order valence-corrected chi connectivity index (χ2v) is 2.88. The average Bonchev–Trinajstić information content (AvgIpc) is 2.22. The average molecular weight is 212 g/mol. The van der Waals surface area contributed by atoms with Gasteiger partial charge in [-0.2, -0.15) is 5.26 Å². The van der Waals surface area contributed by atoms with Gasteiger partial charge in [0.2, 0.25) is 0 Å². The summed E-state index contributed by atoms with van der Waals surface area (Å²) in [5.41, 5.74) is -0.312. The molecule has 0 fully saturated rings. The zero-order chi connectivity index (χ0) is 11.3. The van der Waals surface area contributed by atoms with Crippen LogP contribution in [-0.4, -0.2) is 18.3 Å². The van der Waals surface area contributed by atoms with Gasteiger partial charge in [0.15, 0.2) is 0 Å². The molecule has 0 aliphatic heterocycles. The Morgan fingerprint density at radius 3 is 2.47 bits per heavy atom. The van der Waals surface area contributed by atoms with E-state index in [0.29, 0.717) is 0 Å². The number of nitrogens with one attached hydrogen (secondary N) is 1. The van der Waals surface area contributed by atoms with Crippen molar-refractivity contribution < 1.29 is 13.9 Å². The Hall–Kier alpha value is -1.51. The van der Waals surface area contributed by atoms with Crippen LogP contribution in [0.15, 0.2) is 18.2 Å². The van der Waals surface area contributed by atoms with Crippen LogP contribution in [0.1, 0.15) is 11.6 Å². The molecule has 0 bridgehead atoms. The van der Waals surface area contributed by atoms with Gasteiger partial charge in [0.25, 0.3) is 0 Å². The molecular formula is C10H10F2N2O. The molecule has 3 nitrogen and oxygen atoms in total. The maximum Gasteiger partial charge on any atom is 0.131 e. The fourth-order valence-corrected chi connectivity index (χ4v) is 1.21. The fraction of sp³-hybridized carbons (Fsp3) is 0.300. The van der Waals surface area contributed by atoms with E-state index < -0.39 is 17.7 Å². The van der Waals surface area contributed by atoms with Gasteiger partial charge in [-0.1, -0.05) is 6.07 Å². The number of halogens is 2. The van der Waals surface area contributed by atoms with Crippen LogP contribution < -0.4 is 5.32 Å². The van der Waals surface area contributed by atoms with E-state index in [1.54, 1.807) is 6.07 Å². The van der Waals surface area contributed by atoms with E-state index >= 15 is 0 Å². The van der Waals surface area contributed by atoms with Gasteiger partial charge in [0.1, 0.15) is 17.7 Å². The van der Waals surface area contributed by atoms with Gasteiger partial charge in [-0.05, 0) is 12.1 Å². The molecule has 80 valence electrons. The monoisotopic (exact) mass is 212 g/mol. The van der Waals surface area contributed by atoms with Crippen LogP contribution in [0.25, 0.3) is 0 Å². The van der Waals surface area contributed by atoms with Crippen molar-refractivity contribution in [3.63, 3.8) is 0 Å². The van der Waals surface area contributed by atoms with Gasteiger partial charge in [-0.3, -0.25) is 5.32 Å². The number of aliphatic hydroxyl groups is 1. The molecule has 2 N–H and O–H groups in total. The summed E-state index contributed by atoms with van der Waals surface area (Å²) in [6, 6.07) is 4.05. The molecule has 1 rings (SSSR count). The molecule has 1 aromatic rings. The van der Waals surface area contributed by atoms with Crippen molar-refractivity contribution in [3.05, 3.63) is 35.4 Å². The first-order valence-corrected chi connectivity index (χ1v) is 4.38. The van der Waals surface area contributed by atoms with E-state index in [-0.39, 0.29) is 18.7 Å². The lowest BCUT2D eigenvalue weighted by molar-refractivity contribution is 0.288. The molecular weight excluding hydrogens is 202 g/mol. The summed E-state index contributed by atoms with van der Waals surface area (Å²) in [5.74, 6) is -1.54. The second-order valence-electron chi connectivity index (χ2n) is 2.88. The van der Waals surface area contributed by atoms with Crippen LogP contribution >= 0.6 is 0 Å². The third-order valence-electron chi connectivity index (χ3n) is 1.88. The van der Waals surface area contributed by atoms with Crippen molar-refractivity contribution in [2.45, 2.75) is 6.04 Å². The Bertz CT molecular complexity index is 356. The van der Waals surface area contributed by atoms with Gasteiger partial charge in [-0.15, -0.1) is 0 Å². The maximum atomic E-state index is 13.2. The van der Waals surface area contributed by atoms with Gasteiger partial charge in [0, 0.05) is 6.54 Å². The molecule has 0 aliphatic carbocycles. The topological polar surface area (TPSA) is 56.0 Å². The summed E-state index contributed by atoms with van der Waals surface area (Å²) >= 11 is 0. The highest BCUT2D eigenvalue weighted by molar-refractivity contribution is 5.27. The molecule has 1 aromatic carbocycles. The summed E-state index contributed by atoms with van der Waals surface area (Å²) in [6.45, 7) is -0.0970. The molecule has 0 heterocycles. The molecule has 1 unspecified atom stereocenters. The minimum Gasteiger partial charge on any atom is -0.395 e. The van der Waals surface area contributed by atoms with Gasteiger partial charge in [-0.25, -0.2) is 8.78 Å². The second kappa shape index (κ2) is 5.39. The third-order valence-corrected chi connectivity index (χ3v) is 1.88. The molecule has 0 aromatic heterocycles. The Kier molecular flexibility index (Phi) is 4.16. The van der Waals surface area contributed by atoms with E-state index in [2.05, 4.69) is 5.32 Å². The van der Waals surface area contributed by atoms with Crippen molar-refractivity contribution in [3.8, 4) is 6.07 Å². The number of benzene rings is 1. The minimum atomic E-state index is -1.08. The van der Waals surface area contributed by atoms with Gasteiger partial charge >= 0.3 is 0 Å². The summed E-state index contributed by atoms with van der Waals surface area (Å²) in [4.78, 5) is 0. The summed E-state index contributed by atoms with van der Waals surface area (Å²) in [6.07, 6.45) is 0. The van der Waals surface area contributed by atoms with Crippen molar-refractivity contribution in [1.29, 1.82) is 5.26 Å². The predicted molar refractivity (Wildman–Crippen MR) is 49.8 cm³/mol. The lowest BCUT2D eigenvalue weighted by Crippen LogP contribution is -2.25. The molecule has 5 heteroatoms. The number of nitriles is 1. The quantitative estimate of drug-likeness (QED) is 0.786. The highest BCUT2D eigenvalue weighted by Gasteiger charge is 2.18. The zero-order valence-electron chi connectivity index (χ0n) is 7.87. The SMILES string of the molecule is N#CC(NCCO)c1c(F)cccc1F. The number of aliphatic hydroxyl groups excluding tert-OH is 1. The van der Waals surface area contributed by atoms with Crippen molar-refractivity contribution in [2.75, 3.05) is 13.2 Å². The van der Waals surface area contributed by atoms with Crippen LogP contribution in [0, 0.1) is 23.0 Å². The molecule has 1 atom stereocenters. The first-order chi connectivity index (χ1) is 7.20. The van der Waals surface area contributed by atoms with Crippen molar-refractivity contribution >= 4 is 0 Å². The van der Waals surface area contributed by atoms with Crippen LogP contribution in [0.4, 0.5) is 8.78 Å². The van der Waals surface area contributed by atoms with E-state index in [9.17, 15) is 8.78 Å². The number of nitrogens with zero attached hydrogens (tertiary/aromatic N) is 1. The Morgan fingerprint density at radius 2 is 2.00 bits per heavy atom. The summed E-state index contributed by atoms with van der Waals surface area (Å²) in [7, 11) is 0. The lowest BCUT2D eigenvalue weighted by Gasteiger charge is -2.12. The maximum absolute atomic E-state index is 13.2. The minimum absolute atomic E-state index is 0.103. The van der Waals surface area contributed by atoms with E-state index in [1.807, 2.05) is 0 Å². The fourth-order valence-electron chi connectivity index (χ4n) is 1.21. The normalized spacial score (nSPS) is 12.1. The molecule has 0 aliphatic rings. The van der Waals surface area contributed by atoms with Crippen LogP contribution in [0.3, 0.4) is 0 Å². The molecule has 0 amide bonds. The van der Waals surface area contributed by atoms with Crippen LogP contribution in [-0.2, 0) is 0 Å². The van der Waals surface area contributed by atoms with Gasteiger partial charge in [0.05, 0.1) is 18.2 Å². The predicted octanol–water partition coefficient (Wildman–Crippen LogP) is 1.11. The first-order valence-electron chi connectivity index (χ1n) is 4.38. The smallest absolute Gasteiger partial charge is 0.131 e. The largest absolute Gasteiger partial charge is 0.395 e. The molecule has 0 radical (unpaired) electrons. The Labute approximate surface area is 86.0 Å². The molecule has 15 heavy (non-hydrogen) atoms. The lowest BCUT2D eigenvalue weighted by atomic mass is 10.1. The number of hydrogen-bond acceptors (Lipinski definition) is 3. The standard InChI is InChI=1S/C10H10F2N2O/c11-7-2-1-3-8(12)10(7)9(6-13)14-4-5-15/h1-3,9,14-15H,4-5H2. The van der Waals surface area contributed by atoms with Crippen molar-refractivity contribution in [2.24, 2.45) is 0 Å². The highest BCUT2D eigenvalue weighted by Crippen LogP contribution is 2.19. The molecule has 0 saturated carbocycles. The molecule has 0 spiro atoms. The molecule has 0 saturated heterocycles. The van der Waals surface area contributed by atoms with E-state index in [1.165, 1.54) is 6.07 Å². The summed E-state index contributed by atoms with van der Waals surface area (Å²) < 4.78 is 26.4. The number of rotatable bonds is 4. The van der Waals surface area contributed by atoms with Crippen LogP contribution in [0.5, 0.6) is 0 Å². The third kappa shape index (κ3) is 2.72.